The Morgan fingerprint density at radius 1 is 1.46 bits per heavy atom. The van der Waals surface area contributed by atoms with Crippen LogP contribution in [0.15, 0.2) is 11.6 Å². The van der Waals surface area contributed by atoms with E-state index in [0.717, 1.165) is 0 Å². The van der Waals surface area contributed by atoms with E-state index < -0.39 is 24.7 Å². The largest absolute Gasteiger partial charge is 0.394 e. The second kappa shape index (κ2) is 5.69. The predicted molar refractivity (Wildman–Crippen MR) is 46.7 cm³/mol. The molecule has 5 N–H and O–H groups in total. The number of amides is 1. The Labute approximate surface area is 76.5 Å². The van der Waals surface area contributed by atoms with Crippen molar-refractivity contribution in [1.29, 1.82) is 0 Å². The van der Waals surface area contributed by atoms with Crippen LogP contribution in [0.2, 0.25) is 0 Å². The second-order valence-corrected chi connectivity index (χ2v) is 2.80. The molecule has 0 bridgehead atoms. The maximum atomic E-state index is 10.5. The highest BCUT2D eigenvalue weighted by molar-refractivity contribution is 5.91. The number of rotatable bonds is 5. The average Bonchev–Trinajstić information content (AvgIpc) is 2.11. The predicted octanol–water partition coefficient (Wildman–Crippen LogP) is -1.48. The van der Waals surface area contributed by atoms with E-state index >= 15 is 0 Å². The molecule has 0 aromatic rings. The van der Waals surface area contributed by atoms with Crippen molar-refractivity contribution in [2.75, 3.05) is 6.61 Å². The first kappa shape index (κ1) is 12.1. The van der Waals surface area contributed by atoms with E-state index in [0.29, 0.717) is 5.57 Å². The van der Waals surface area contributed by atoms with Crippen LogP contribution < -0.4 is 5.73 Å². The van der Waals surface area contributed by atoms with E-state index in [1.807, 2.05) is 0 Å². The number of hydrogen-bond donors (Lipinski definition) is 4. The number of carbonyl (C=O) groups excluding carboxylic acids is 1. The number of aliphatic hydroxyl groups excluding tert-OH is 3. The van der Waals surface area contributed by atoms with Gasteiger partial charge in [0.2, 0.25) is 5.91 Å². The molecule has 5 heteroatoms. The Balaban J connectivity index is 4.00. The van der Waals surface area contributed by atoms with Crippen molar-refractivity contribution in [2.45, 2.75) is 25.6 Å². The second-order valence-electron chi connectivity index (χ2n) is 2.80. The van der Waals surface area contributed by atoms with E-state index in [1.54, 1.807) is 0 Å². The van der Waals surface area contributed by atoms with Crippen molar-refractivity contribution < 1.29 is 20.1 Å². The van der Waals surface area contributed by atoms with Crippen molar-refractivity contribution in [2.24, 2.45) is 5.73 Å². The number of primary amides is 1. The van der Waals surface area contributed by atoms with Crippen LogP contribution in [0.3, 0.4) is 0 Å². The van der Waals surface area contributed by atoms with Gasteiger partial charge in [0, 0.05) is 5.57 Å². The standard InChI is InChI=1S/C8H15NO4/c1-5(8(9)13)2-3-6(11)7(12)4-10/h2,6-7,10-12H,3-4H2,1H3,(H2,9,13). The van der Waals surface area contributed by atoms with E-state index in [-0.39, 0.29) is 6.42 Å². The molecule has 1 amide bonds. The third-order valence-corrected chi connectivity index (χ3v) is 1.69. The molecule has 0 rings (SSSR count). The molecule has 0 saturated heterocycles. The number of hydrogen-bond acceptors (Lipinski definition) is 4. The Morgan fingerprint density at radius 2 is 2.00 bits per heavy atom. The molecule has 0 saturated carbocycles. The average molecular weight is 189 g/mol. The Kier molecular flexibility index (Phi) is 5.29. The molecule has 13 heavy (non-hydrogen) atoms. The van der Waals surface area contributed by atoms with Crippen LogP contribution in [0.5, 0.6) is 0 Å². The lowest BCUT2D eigenvalue weighted by molar-refractivity contribution is -0.114. The van der Waals surface area contributed by atoms with E-state index in [2.05, 4.69) is 0 Å². The minimum atomic E-state index is -1.18. The molecular weight excluding hydrogens is 174 g/mol. The molecule has 0 aromatic carbocycles. The Hall–Kier alpha value is -0.910. The molecule has 0 aliphatic carbocycles. The Morgan fingerprint density at radius 3 is 2.38 bits per heavy atom. The molecule has 2 unspecified atom stereocenters. The zero-order valence-electron chi connectivity index (χ0n) is 7.47. The number of aliphatic hydroxyl groups is 3. The summed E-state index contributed by atoms with van der Waals surface area (Å²) in [5.74, 6) is -0.564. The topological polar surface area (TPSA) is 104 Å². The van der Waals surface area contributed by atoms with Gasteiger partial charge in [-0.3, -0.25) is 4.79 Å². The molecule has 2 atom stereocenters. The van der Waals surface area contributed by atoms with Gasteiger partial charge in [0.15, 0.2) is 0 Å². The highest BCUT2D eigenvalue weighted by Gasteiger charge is 2.13. The zero-order valence-corrected chi connectivity index (χ0v) is 7.47. The van der Waals surface area contributed by atoms with E-state index in [9.17, 15) is 4.79 Å². The molecule has 0 heterocycles. The van der Waals surface area contributed by atoms with Gasteiger partial charge in [-0.1, -0.05) is 6.08 Å². The molecule has 0 aromatic heterocycles. The zero-order chi connectivity index (χ0) is 10.4. The molecule has 0 radical (unpaired) electrons. The van der Waals surface area contributed by atoms with Crippen molar-refractivity contribution in [1.82, 2.24) is 0 Å². The minimum absolute atomic E-state index is 0.0937. The minimum Gasteiger partial charge on any atom is -0.394 e. The van der Waals surface area contributed by atoms with Crippen LogP contribution in [-0.4, -0.2) is 40.0 Å². The molecule has 0 spiro atoms. The fourth-order valence-electron chi connectivity index (χ4n) is 0.677. The van der Waals surface area contributed by atoms with E-state index in [1.165, 1.54) is 13.0 Å². The van der Waals surface area contributed by atoms with Gasteiger partial charge >= 0.3 is 0 Å². The van der Waals surface area contributed by atoms with Gasteiger partial charge in [-0.2, -0.15) is 0 Å². The summed E-state index contributed by atoms with van der Waals surface area (Å²) in [5, 5.41) is 26.5. The van der Waals surface area contributed by atoms with Crippen LogP contribution in [0.25, 0.3) is 0 Å². The maximum Gasteiger partial charge on any atom is 0.244 e. The van der Waals surface area contributed by atoms with Gasteiger partial charge in [-0.05, 0) is 13.3 Å². The molecular formula is C8H15NO4. The van der Waals surface area contributed by atoms with Gasteiger partial charge in [-0.25, -0.2) is 0 Å². The van der Waals surface area contributed by atoms with Gasteiger partial charge in [0.1, 0.15) is 6.10 Å². The van der Waals surface area contributed by atoms with Gasteiger partial charge in [0.25, 0.3) is 0 Å². The van der Waals surface area contributed by atoms with Crippen molar-refractivity contribution in [3.63, 3.8) is 0 Å². The number of carbonyl (C=O) groups is 1. The first-order valence-electron chi connectivity index (χ1n) is 3.92. The summed E-state index contributed by atoms with van der Waals surface area (Å²) in [5.41, 5.74) is 5.25. The van der Waals surface area contributed by atoms with Crippen LogP contribution in [0.4, 0.5) is 0 Å². The molecule has 0 aliphatic rings. The lowest BCUT2D eigenvalue weighted by atomic mass is 10.1. The lowest BCUT2D eigenvalue weighted by Crippen LogP contribution is -2.28. The van der Waals surface area contributed by atoms with Crippen molar-refractivity contribution in [3.8, 4) is 0 Å². The van der Waals surface area contributed by atoms with Crippen LogP contribution in [0.1, 0.15) is 13.3 Å². The fraction of sp³-hybridized carbons (Fsp3) is 0.625. The monoisotopic (exact) mass is 189 g/mol. The first-order chi connectivity index (χ1) is 5.99. The van der Waals surface area contributed by atoms with Crippen molar-refractivity contribution >= 4 is 5.91 Å². The van der Waals surface area contributed by atoms with E-state index in [4.69, 9.17) is 21.1 Å². The van der Waals surface area contributed by atoms with Gasteiger partial charge in [0.05, 0.1) is 12.7 Å². The highest BCUT2D eigenvalue weighted by Crippen LogP contribution is 2.02. The third-order valence-electron chi connectivity index (χ3n) is 1.69. The fourth-order valence-corrected chi connectivity index (χ4v) is 0.677. The summed E-state index contributed by atoms with van der Waals surface area (Å²) < 4.78 is 0. The smallest absolute Gasteiger partial charge is 0.244 e. The molecule has 5 nitrogen and oxygen atoms in total. The van der Waals surface area contributed by atoms with Gasteiger partial charge in [-0.15, -0.1) is 0 Å². The quantitative estimate of drug-likeness (QED) is 0.396. The lowest BCUT2D eigenvalue weighted by Gasteiger charge is -2.13. The van der Waals surface area contributed by atoms with Crippen LogP contribution in [-0.2, 0) is 4.79 Å². The molecule has 0 fully saturated rings. The van der Waals surface area contributed by atoms with Crippen LogP contribution >= 0.6 is 0 Å². The third kappa shape index (κ3) is 4.62. The summed E-state index contributed by atoms with van der Waals surface area (Å²) in [7, 11) is 0. The van der Waals surface area contributed by atoms with Gasteiger partial charge < -0.3 is 21.1 Å². The summed E-state index contributed by atoms with van der Waals surface area (Å²) in [6, 6.07) is 0. The van der Waals surface area contributed by atoms with Crippen LogP contribution in [0, 0.1) is 0 Å². The summed E-state index contributed by atoms with van der Waals surface area (Å²) in [6.45, 7) is 1.00. The Bertz CT molecular complexity index is 202. The summed E-state index contributed by atoms with van der Waals surface area (Å²) in [6.07, 6.45) is -0.737. The summed E-state index contributed by atoms with van der Waals surface area (Å²) in [4.78, 5) is 10.5. The SMILES string of the molecule is CC(=CCC(O)C(O)CO)C(N)=O. The first-order valence-corrected chi connectivity index (χ1v) is 3.92. The summed E-state index contributed by atoms with van der Waals surface area (Å²) >= 11 is 0. The maximum absolute atomic E-state index is 10.5. The molecule has 76 valence electrons. The normalized spacial score (nSPS) is 16.8. The highest BCUT2D eigenvalue weighted by atomic mass is 16.4. The number of nitrogens with two attached hydrogens (primary N) is 1. The van der Waals surface area contributed by atoms with Crippen molar-refractivity contribution in [3.05, 3.63) is 11.6 Å². The molecule has 0 aliphatic heterocycles.